The molecule has 0 saturated heterocycles. The molecule has 110 valence electrons. The van der Waals surface area contributed by atoms with Gasteiger partial charge in [0.15, 0.2) is 0 Å². The Hall–Kier alpha value is -1.99. The van der Waals surface area contributed by atoms with Crippen molar-refractivity contribution in [3.63, 3.8) is 0 Å². The van der Waals surface area contributed by atoms with Crippen LogP contribution in [0.1, 0.15) is 18.5 Å². The molecule has 0 unspecified atom stereocenters. The average Bonchev–Trinajstić information content (AvgIpc) is 2.40. The zero-order valence-electron chi connectivity index (χ0n) is 11.0. The molecule has 0 saturated carbocycles. The Balaban J connectivity index is 2.49. The highest BCUT2D eigenvalue weighted by atomic mass is 79.9. The molecule has 0 radical (unpaired) electrons. The van der Waals surface area contributed by atoms with Gasteiger partial charge in [0.25, 0.3) is 0 Å². The van der Waals surface area contributed by atoms with E-state index in [1.54, 1.807) is 13.0 Å². The van der Waals surface area contributed by atoms with E-state index in [9.17, 15) is 14.5 Å². The minimum Gasteiger partial charge on any atom is -0.450 e. The first-order chi connectivity index (χ1) is 9.90. The lowest BCUT2D eigenvalue weighted by molar-refractivity contribution is -0.385. The average molecular weight is 355 g/mol. The summed E-state index contributed by atoms with van der Waals surface area (Å²) in [5.74, 6) is -0.326. The molecule has 2 N–H and O–H groups in total. The number of hydrogen-bond acceptors (Lipinski definition) is 4. The van der Waals surface area contributed by atoms with E-state index in [0.29, 0.717) is 4.47 Å². The summed E-state index contributed by atoms with van der Waals surface area (Å²) in [5, 5.41) is 11.1. The maximum atomic E-state index is 13.8. The Morgan fingerprint density at radius 1 is 1.33 bits per heavy atom. The standard InChI is InChI=1S/C14H12BrFN2O3/c1-8(17)14-10(16)3-2-4-13(14)21-12-6-5-9(15)7-11(12)18(19)20/h2-8H,17H2,1H3/t8-/m1/s1. The van der Waals surface area contributed by atoms with Crippen molar-refractivity contribution < 1.29 is 14.1 Å². The largest absolute Gasteiger partial charge is 0.450 e. The Kier molecular flexibility index (Phi) is 4.54. The highest BCUT2D eigenvalue weighted by molar-refractivity contribution is 9.10. The van der Waals surface area contributed by atoms with Crippen LogP contribution in [-0.2, 0) is 0 Å². The van der Waals surface area contributed by atoms with Crippen molar-refractivity contribution in [1.29, 1.82) is 0 Å². The first kappa shape index (κ1) is 15.4. The van der Waals surface area contributed by atoms with Crippen LogP contribution in [0.5, 0.6) is 11.5 Å². The van der Waals surface area contributed by atoms with Crippen molar-refractivity contribution >= 4 is 21.6 Å². The monoisotopic (exact) mass is 354 g/mol. The fourth-order valence-electron chi connectivity index (χ4n) is 1.89. The molecule has 0 fully saturated rings. The molecule has 0 heterocycles. The highest BCUT2D eigenvalue weighted by Gasteiger charge is 2.20. The van der Waals surface area contributed by atoms with Gasteiger partial charge in [0.1, 0.15) is 11.6 Å². The van der Waals surface area contributed by atoms with Crippen LogP contribution in [0.25, 0.3) is 0 Å². The van der Waals surface area contributed by atoms with Gasteiger partial charge in [-0.2, -0.15) is 0 Å². The summed E-state index contributed by atoms with van der Waals surface area (Å²) < 4.78 is 19.9. The quantitative estimate of drug-likeness (QED) is 0.655. The topological polar surface area (TPSA) is 78.4 Å². The lowest BCUT2D eigenvalue weighted by Gasteiger charge is -2.14. The summed E-state index contributed by atoms with van der Waals surface area (Å²) in [6, 6.07) is 8.01. The number of hydrogen-bond donors (Lipinski definition) is 1. The van der Waals surface area contributed by atoms with Crippen LogP contribution < -0.4 is 10.5 Å². The van der Waals surface area contributed by atoms with Gasteiger partial charge in [-0.05, 0) is 31.2 Å². The van der Waals surface area contributed by atoms with E-state index in [1.807, 2.05) is 0 Å². The van der Waals surface area contributed by atoms with E-state index in [1.165, 1.54) is 30.3 Å². The SMILES string of the molecule is C[C@@H](N)c1c(F)cccc1Oc1ccc(Br)cc1[N+](=O)[O-]. The number of nitrogens with zero attached hydrogens (tertiary/aromatic N) is 1. The molecule has 7 heteroatoms. The van der Waals surface area contributed by atoms with Crippen molar-refractivity contribution in [2.75, 3.05) is 0 Å². The van der Waals surface area contributed by atoms with Gasteiger partial charge in [0.2, 0.25) is 5.75 Å². The minimum absolute atomic E-state index is 0.0238. The molecule has 0 amide bonds. The maximum absolute atomic E-state index is 13.8. The number of ether oxygens (including phenoxy) is 1. The molecule has 2 aromatic rings. The Morgan fingerprint density at radius 3 is 2.67 bits per heavy atom. The smallest absolute Gasteiger partial charge is 0.312 e. The molecule has 5 nitrogen and oxygen atoms in total. The predicted octanol–water partition coefficient (Wildman–Crippen LogP) is 4.31. The molecule has 2 rings (SSSR count). The summed E-state index contributed by atoms with van der Waals surface area (Å²) in [6.45, 7) is 1.61. The van der Waals surface area contributed by atoms with Crippen LogP contribution in [0.3, 0.4) is 0 Å². The van der Waals surface area contributed by atoms with E-state index in [0.717, 1.165) is 0 Å². The fourth-order valence-corrected chi connectivity index (χ4v) is 2.24. The molecule has 2 aromatic carbocycles. The van der Waals surface area contributed by atoms with Gasteiger partial charge in [-0.15, -0.1) is 0 Å². The second-order valence-electron chi connectivity index (χ2n) is 4.41. The zero-order chi connectivity index (χ0) is 15.6. The Bertz CT molecular complexity index is 692. The summed E-state index contributed by atoms with van der Waals surface area (Å²) in [7, 11) is 0. The molecule has 0 aliphatic heterocycles. The number of nitro groups is 1. The second kappa shape index (κ2) is 6.19. The first-order valence-corrected chi connectivity index (χ1v) is 6.85. The molecule has 21 heavy (non-hydrogen) atoms. The van der Waals surface area contributed by atoms with Crippen LogP contribution in [-0.4, -0.2) is 4.92 Å². The number of nitro benzene ring substituents is 1. The number of benzene rings is 2. The van der Waals surface area contributed by atoms with Gasteiger partial charge < -0.3 is 10.5 Å². The second-order valence-corrected chi connectivity index (χ2v) is 5.33. The van der Waals surface area contributed by atoms with Gasteiger partial charge in [-0.25, -0.2) is 4.39 Å². The lowest BCUT2D eigenvalue weighted by atomic mass is 10.1. The van der Waals surface area contributed by atoms with Crippen molar-refractivity contribution in [1.82, 2.24) is 0 Å². The van der Waals surface area contributed by atoms with E-state index in [4.69, 9.17) is 10.5 Å². The molecule has 0 aliphatic carbocycles. The minimum atomic E-state index is -0.601. The summed E-state index contributed by atoms with van der Waals surface area (Å²) in [4.78, 5) is 10.5. The Labute approximate surface area is 128 Å². The van der Waals surface area contributed by atoms with Crippen molar-refractivity contribution in [3.8, 4) is 11.5 Å². The van der Waals surface area contributed by atoms with Crippen LogP contribution in [0.4, 0.5) is 10.1 Å². The van der Waals surface area contributed by atoms with Crippen LogP contribution in [0.2, 0.25) is 0 Å². The van der Waals surface area contributed by atoms with Crippen LogP contribution in [0.15, 0.2) is 40.9 Å². The van der Waals surface area contributed by atoms with Crippen molar-refractivity contribution in [3.05, 3.63) is 62.4 Å². The molecule has 0 spiro atoms. The fraction of sp³-hybridized carbons (Fsp3) is 0.143. The molecular weight excluding hydrogens is 343 g/mol. The summed E-state index contributed by atoms with van der Waals surface area (Å²) >= 11 is 3.16. The number of nitrogens with two attached hydrogens (primary N) is 1. The van der Waals surface area contributed by atoms with E-state index >= 15 is 0 Å². The Morgan fingerprint density at radius 2 is 2.05 bits per heavy atom. The van der Waals surface area contributed by atoms with Gasteiger partial charge in [-0.3, -0.25) is 10.1 Å². The van der Waals surface area contributed by atoms with Crippen LogP contribution >= 0.6 is 15.9 Å². The van der Waals surface area contributed by atoms with Crippen molar-refractivity contribution in [2.24, 2.45) is 5.73 Å². The summed E-state index contributed by atoms with van der Waals surface area (Å²) in [6.07, 6.45) is 0. The number of rotatable bonds is 4. The molecule has 1 atom stereocenters. The zero-order valence-corrected chi connectivity index (χ0v) is 12.6. The van der Waals surface area contributed by atoms with Gasteiger partial charge in [0, 0.05) is 22.1 Å². The third kappa shape index (κ3) is 3.37. The third-order valence-electron chi connectivity index (χ3n) is 2.81. The predicted molar refractivity (Wildman–Crippen MR) is 79.9 cm³/mol. The first-order valence-electron chi connectivity index (χ1n) is 6.06. The van der Waals surface area contributed by atoms with E-state index in [-0.39, 0.29) is 22.7 Å². The van der Waals surface area contributed by atoms with Gasteiger partial charge in [0.05, 0.1) is 4.92 Å². The lowest BCUT2D eigenvalue weighted by Crippen LogP contribution is -2.09. The van der Waals surface area contributed by atoms with Crippen molar-refractivity contribution in [2.45, 2.75) is 13.0 Å². The molecule has 0 bridgehead atoms. The molecular formula is C14H12BrFN2O3. The number of halogens is 2. The van der Waals surface area contributed by atoms with Gasteiger partial charge in [-0.1, -0.05) is 22.0 Å². The molecule has 0 aromatic heterocycles. The summed E-state index contributed by atoms with van der Waals surface area (Å²) in [5.41, 5.74) is 5.69. The highest BCUT2D eigenvalue weighted by Crippen LogP contribution is 2.36. The van der Waals surface area contributed by atoms with E-state index < -0.39 is 16.8 Å². The third-order valence-corrected chi connectivity index (χ3v) is 3.30. The maximum Gasteiger partial charge on any atom is 0.312 e. The van der Waals surface area contributed by atoms with Crippen LogP contribution in [0, 0.1) is 15.9 Å². The van der Waals surface area contributed by atoms with Gasteiger partial charge >= 0.3 is 5.69 Å². The van der Waals surface area contributed by atoms with E-state index in [2.05, 4.69) is 15.9 Å². The normalized spacial score (nSPS) is 12.0. The molecule has 0 aliphatic rings.